The molecule has 0 fully saturated rings. The summed E-state index contributed by atoms with van der Waals surface area (Å²) in [7, 11) is 0. The second-order valence-electron chi connectivity index (χ2n) is 6.94. The lowest BCUT2D eigenvalue weighted by atomic mass is 9.84. The van der Waals surface area contributed by atoms with Gasteiger partial charge < -0.3 is 14.1 Å². The van der Waals surface area contributed by atoms with Gasteiger partial charge in [-0.15, -0.1) is 0 Å². The lowest BCUT2D eigenvalue weighted by Crippen LogP contribution is -2.28. The Morgan fingerprint density at radius 3 is 2.50 bits per heavy atom. The number of aryl methyl sites for hydroxylation is 2. The van der Waals surface area contributed by atoms with Crippen LogP contribution in [0.3, 0.4) is 0 Å². The molecule has 2 aromatic heterocycles. The molecule has 1 aliphatic heterocycles. The van der Waals surface area contributed by atoms with Gasteiger partial charge in [0.1, 0.15) is 11.4 Å². The average Bonchev–Trinajstić information content (AvgIpc) is 2.67. The molecule has 6 nitrogen and oxygen atoms in total. The molecule has 1 atom stereocenters. The van der Waals surface area contributed by atoms with E-state index in [1.807, 2.05) is 43.3 Å². The molecule has 0 saturated carbocycles. The van der Waals surface area contributed by atoms with Crippen LogP contribution in [0.15, 0.2) is 62.5 Å². The monoisotopic (exact) mass is 372 g/mol. The lowest BCUT2D eigenvalue weighted by Gasteiger charge is -2.26. The van der Waals surface area contributed by atoms with Gasteiger partial charge in [0, 0.05) is 0 Å². The number of aromatic amines is 1. The van der Waals surface area contributed by atoms with Crippen LogP contribution < -0.4 is 15.9 Å². The van der Waals surface area contributed by atoms with Crippen molar-refractivity contribution in [3.8, 4) is 11.6 Å². The van der Waals surface area contributed by atoms with E-state index < -0.39 is 11.5 Å². The van der Waals surface area contributed by atoms with Crippen molar-refractivity contribution in [2.75, 3.05) is 0 Å². The number of nitrogens with zero attached hydrogens (tertiary/aromatic N) is 1. The molecule has 0 spiro atoms. The van der Waals surface area contributed by atoms with Gasteiger partial charge >= 0.3 is 5.63 Å². The van der Waals surface area contributed by atoms with Crippen LogP contribution in [-0.4, -0.2) is 9.97 Å². The Balaban J connectivity index is 1.91. The zero-order valence-electron chi connectivity index (χ0n) is 15.3. The molecule has 4 aromatic rings. The minimum atomic E-state index is -0.628. The maximum absolute atomic E-state index is 12.9. The summed E-state index contributed by atoms with van der Waals surface area (Å²) in [5.74, 6) is 0.427. The average molecular weight is 372 g/mol. The highest BCUT2D eigenvalue weighted by molar-refractivity contribution is 5.86. The van der Waals surface area contributed by atoms with Crippen molar-refractivity contribution in [1.29, 1.82) is 0 Å². The third-order valence-corrected chi connectivity index (χ3v) is 5.02. The number of hydrogen-bond donors (Lipinski definition) is 1. The van der Waals surface area contributed by atoms with Crippen molar-refractivity contribution < 1.29 is 9.15 Å². The quantitative estimate of drug-likeness (QED) is 0.453. The number of ether oxygens (including phenoxy) is 1. The second-order valence-corrected chi connectivity index (χ2v) is 6.94. The molecule has 0 saturated heterocycles. The SMILES string of the molecule is Cc1ccc(C2c3c(nc(C)[nH]c3=O)Oc3c2c(=O)oc2ccccc32)cc1. The smallest absolute Gasteiger partial charge is 0.344 e. The van der Waals surface area contributed by atoms with Crippen LogP contribution in [0, 0.1) is 13.8 Å². The van der Waals surface area contributed by atoms with E-state index >= 15 is 0 Å². The van der Waals surface area contributed by atoms with Crippen molar-refractivity contribution in [3.05, 3.63) is 97.4 Å². The highest BCUT2D eigenvalue weighted by atomic mass is 16.5. The van der Waals surface area contributed by atoms with Crippen molar-refractivity contribution in [3.63, 3.8) is 0 Å². The Kier molecular flexibility index (Phi) is 3.49. The predicted molar refractivity (Wildman–Crippen MR) is 104 cm³/mol. The van der Waals surface area contributed by atoms with Gasteiger partial charge in [0.15, 0.2) is 5.75 Å². The Hall–Kier alpha value is -3.67. The number of fused-ring (bicyclic) bond motifs is 4. The van der Waals surface area contributed by atoms with Crippen LogP contribution >= 0.6 is 0 Å². The van der Waals surface area contributed by atoms with E-state index in [2.05, 4.69) is 9.97 Å². The van der Waals surface area contributed by atoms with E-state index in [1.165, 1.54) is 0 Å². The number of H-pyrrole nitrogens is 1. The minimum Gasteiger partial charge on any atom is -0.437 e. The maximum atomic E-state index is 12.9. The van der Waals surface area contributed by atoms with Gasteiger partial charge in [-0.3, -0.25) is 4.79 Å². The van der Waals surface area contributed by atoms with Crippen LogP contribution in [0.2, 0.25) is 0 Å². The van der Waals surface area contributed by atoms with E-state index in [-0.39, 0.29) is 11.4 Å². The summed E-state index contributed by atoms with van der Waals surface area (Å²) in [5.41, 5.74) is 2.08. The summed E-state index contributed by atoms with van der Waals surface area (Å²) in [5, 5.41) is 0.666. The predicted octanol–water partition coefficient (Wildman–Crippen LogP) is 3.78. The molecule has 1 unspecified atom stereocenters. The number of benzene rings is 2. The standard InChI is InChI=1S/C22H16N2O4/c1-11-7-9-13(10-8-11)16-17-19(14-5-3-4-6-15(14)27-22(17)26)28-21-18(16)20(25)23-12(2)24-21/h3-10,16H,1-2H3,(H,23,24,25). The van der Waals surface area contributed by atoms with Crippen molar-refractivity contribution in [1.82, 2.24) is 9.97 Å². The molecule has 0 amide bonds. The Morgan fingerprint density at radius 1 is 0.964 bits per heavy atom. The summed E-state index contributed by atoms with van der Waals surface area (Å²) in [6, 6.07) is 14.9. The number of para-hydroxylation sites is 1. The molecule has 0 aliphatic carbocycles. The summed E-state index contributed by atoms with van der Waals surface area (Å²) < 4.78 is 11.6. The molecule has 5 rings (SSSR count). The largest absolute Gasteiger partial charge is 0.437 e. The highest BCUT2D eigenvalue weighted by Gasteiger charge is 2.37. The van der Waals surface area contributed by atoms with Crippen LogP contribution in [0.5, 0.6) is 11.6 Å². The van der Waals surface area contributed by atoms with E-state index in [1.54, 1.807) is 19.1 Å². The Bertz CT molecular complexity index is 1350. The summed E-state index contributed by atoms with van der Waals surface area (Å²) >= 11 is 0. The fourth-order valence-electron chi connectivity index (χ4n) is 3.73. The van der Waals surface area contributed by atoms with Crippen molar-refractivity contribution in [2.45, 2.75) is 19.8 Å². The van der Waals surface area contributed by atoms with Crippen LogP contribution in [0.4, 0.5) is 0 Å². The fraction of sp³-hybridized carbons (Fsp3) is 0.136. The summed E-state index contributed by atoms with van der Waals surface area (Å²) in [6.45, 7) is 3.67. The molecule has 138 valence electrons. The van der Waals surface area contributed by atoms with E-state index in [0.29, 0.717) is 33.7 Å². The first kappa shape index (κ1) is 16.5. The molecule has 1 N–H and O–H groups in total. The van der Waals surface area contributed by atoms with Gasteiger partial charge in [0.25, 0.3) is 5.56 Å². The van der Waals surface area contributed by atoms with Gasteiger partial charge in [-0.25, -0.2) is 4.79 Å². The Morgan fingerprint density at radius 2 is 1.71 bits per heavy atom. The molecular weight excluding hydrogens is 356 g/mol. The number of rotatable bonds is 1. The van der Waals surface area contributed by atoms with E-state index in [9.17, 15) is 9.59 Å². The third kappa shape index (κ3) is 2.38. The first-order chi connectivity index (χ1) is 13.5. The van der Waals surface area contributed by atoms with E-state index in [4.69, 9.17) is 9.15 Å². The lowest BCUT2D eigenvalue weighted by molar-refractivity contribution is 0.419. The van der Waals surface area contributed by atoms with Crippen LogP contribution in [0.25, 0.3) is 11.0 Å². The first-order valence-corrected chi connectivity index (χ1v) is 8.94. The highest BCUT2D eigenvalue weighted by Crippen LogP contribution is 2.46. The first-order valence-electron chi connectivity index (χ1n) is 8.94. The topological polar surface area (TPSA) is 85.2 Å². The zero-order chi connectivity index (χ0) is 19.4. The normalized spacial score (nSPS) is 15.0. The molecule has 3 heterocycles. The fourth-order valence-corrected chi connectivity index (χ4v) is 3.73. The van der Waals surface area contributed by atoms with Gasteiger partial charge in [0.2, 0.25) is 5.88 Å². The molecular formula is C22H16N2O4. The van der Waals surface area contributed by atoms with Crippen LogP contribution in [-0.2, 0) is 0 Å². The summed E-state index contributed by atoms with van der Waals surface area (Å²) in [6.07, 6.45) is 0. The number of aromatic nitrogens is 2. The minimum absolute atomic E-state index is 0.218. The molecule has 2 aromatic carbocycles. The number of nitrogens with one attached hydrogen (secondary N) is 1. The molecule has 28 heavy (non-hydrogen) atoms. The molecule has 0 radical (unpaired) electrons. The van der Waals surface area contributed by atoms with Gasteiger partial charge in [0.05, 0.1) is 22.4 Å². The van der Waals surface area contributed by atoms with Crippen molar-refractivity contribution >= 4 is 11.0 Å². The Labute approximate surface area is 159 Å². The number of hydrogen-bond acceptors (Lipinski definition) is 5. The molecule has 6 heteroatoms. The second kappa shape index (κ2) is 5.92. The summed E-state index contributed by atoms with van der Waals surface area (Å²) in [4.78, 5) is 32.9. The molecule has 0 bridgehead atoms. The van der Waals surface area contributed by atoms with Crippen molar-refractivity contribution in [2.24, 2.45) is 0 Å². The third-order valence-electron chi connectivity index (χ3n) is 5.02. The van der Waals surface area contributed by atoms with Gasteiger partial charge in [-0.1, -0.05) is 42.0 Å². The maximum Gasteiger partial charge on any atom is 0.344 e. The zero-order valence-corrected chi connectivity index (χ0v) is 15.3. The molecule has 1 aliphatic rings. The van der Waals surface area contributed by atoms with E-state index in [0.717, 1.165) is 11.1 Å². The van der Waals surface area contributed by atoms with Gasteiger partial charge in [-0.05, 0) is 31.5 Å². The van der Waals surface area contributed by atoms with Gasteiger partial charge in [-0.2, -0.15) is 4.98 Å². The van der Waals surface area contributed by atoms with Crippen LogP contribution in [0.1, 0.15) is 34.0 Å².